The van der Waals surface area contributed by atoms with Gasteiger partial charge in [-0.25, -0.2) is 4.98 Å². The molecule has 0 radical (unpaired) electrons. The minimum Gasteiger partial charge on any atom is -0.354 e. The van der Waals surface area contributed by atoms with Crippen LogP contribution in [-0.4, -0.2) is 74.3 Å². The van der Waals surface area contributed by atoms with Gasteiger partial charge in [0, 0.05) is 64.1 Å². The molecule has 124 valence electrons. The molecule has 2 aliphatic rings. The Kier molecular flexibility index (Phi) is 6.39. The standard InChI is InChI=1S/C14H24N6.C2H6/c1-12-11-13(19-9-7-18(2)8-10-19)17-14(16-12)20-5-3-15-4-6-20;1-2/h11,15H,3-10H2,1-2H3;1-2H3. The zero-order valence-corrected chi connectivity index (χ0v) is 14.5. The molecule has 6 heteroatoms. The van der Waals surface area contributed by atoms with E-state index in [0.29, 0.717) is 0 Å². The van der Waals surface area contributed by atoms with Crippen molar-refractivity contribution >= 4 is 11.8 Å². The van der Waals surface area contributed by atoms with Gasteiger partial charge < -0.3 is 20.0 Å². The molecule has 2 saturated heterocycles. The van der Waals surface area contributed by atoms with Gasteiger partial charge in [0.2, 0.25) is 5.95 Å². The van der Waals surface area contributed by atoms with Crippen LogP contribution in [0.4, 0.5) is 11.8 Å². The number of hydrogen-bond acceptors (Lipinski definition) is 6. The number of piperazine rings is 2. The summed E-state index contributed by atoms with van der Waals surface area (Å²) in [5.74, 6) is 1.97. The fraction of sp³-hybridized carbons (Fsp3) is 0.750. The van der Waals surface area contributed by atoms with Gasteiger partial charge in [-0.15, -0.1) is 0 Å². The molecule has 0 aliphatic carbocycles. The molecule has 22 heavy (non-hydrogen) atoms. The monoisotopic (exact) mass is 306 g/mol. The molecule has 3 rings (SSSR count). The van der Waals surface area contributed by atoms with Crippen molar-refractivity contribution in [3.05, 3.63) is 11.8 Å². The molecular weight excluding hydrogens is 276 g/mol. The predicted molar refractivity (Wildman–Crippen MR) is 92.9 cm³/mol. The van der Waals surface area contributed by atoms with Gasteiger partial charge in [0.05, 0.1) is 0 Å². The van der Waals surface area contributed by atoms with E-state index >= 15 is 0 Å². The first kappa shape index (κ1) is 17.0. The number of nitrogens with one attached hydrogen (secondary N) is 1. The van der Waals surface area contributed by atoms with E-state index in [1.807, 2.05) is 13.8 Å². The zero-order valence-electron chi connectivity index (χ0n) is 14.5. The van der Waals surface area contributed by atoms with E-state index in [2.05, 4.69) is 45.0 Å². The molecule has 1 aromatic heterocycles. The summed E-state index contributed by atoms with van der Waals surface area (Å²) in [6, 6.07) is 2.11. The first-order chi connectivity index (χ1) is 10.7. The third kappa shape index (κ3) is 4.30. The molecule has 3 heterocycles. The number of aromatic nitrogens is 2. The third-order valence-corrected chi connectivity index (χ3v) is 4.06. The maximum Gasteiger partial charge on any atom is 0.227 e. The Balaban J connectivity index is 0.000000847. The number of anilines is 2. The van der Waals surface area contributed by atoms with Gasteiger partial charge in [-0.3, -0.25) is 0 Å². The Morgan fingerprint density at radius 1 is 0.909 bits per heavy atom. The van der Waals surface area contributed by atoms with Crippen molar-refractivity contribution in [3.8, 4) is 0 Å². The van der Waals surface area contributed by atoms with E-state index in [1.54, 1.807) is 0 Å². The van der Waals surface area contributed by atoms with E-state index < -0.39 is 0 Å². The SMILES string of the molecule is CC.Cc1cc(N2CCN(C)CC2)nc(N2CCNCC2)n1. The highest BCUT2D eigenvalue weighted by atomic mass is 15.3. The van der Waals surface area contributed by atoms with E-state index in [9.17, 15) is 0 Å². The minimum absolute atomic E-state index is 0.889. The van der Waals surface area contributed by atoms with Crippen molar-refractivity contribution in [2.75, 3.05) is 69.2 Å². The summed E-state index contributed by atoms with van der Waals surface area (Å²) < 4.78 is 0. The second-order valence-corrected chi connectivity index (χ2v) is 5.69. The summed E-state index contributed by atoms with van der Waals surface area (Å²) in [5, 5.41) is 3.37. The van der Waals surface area contributed by atoms with Gasteiger partial charge in [-0.05, 0) is 14.0 Å². The number of aryl methyl sites for hydroxylation is 1. The van der Waals surface area contributed by atoms with Crippen LogP contribution in [0.3, 0.4) is 0 Å². The Bertz CT molecular complexity index is 450. The average molecular weight is 306 g/mol. The van der Waals surface area contributed by atoms with Crippen molar-refractivity contribution in [1.29, 1.82) is 0 Å². The summed E-state index contributed by atoms with van der Waals surface area (Å²) in [7, 11) is 2.18. The largest absolute Gasteiger partial charge is 0.354 e. The van der Waals surface area contributed by atoms with Gasteiger partial charge in [0.1, 0.15) is 5.82 Å². The topological polar surface area (TPSA) is 47.5 Å². The molecule has 0 amide bonds. The molecule has 1 N–H and O–H groups in total. The first-order valence-electron chi connectivity index (χ1n) is 8.47. The zero-order chi connectivity index (χ0) is 15.9. The van der Waals surface area contributed by atoms with Crippen molar-refractivity contribution < 1.29 is 0 Å². The molecule has 0 bridgehead atoms. The molecular formula is C16H30N6. The second-order valence-electron chi connectivity index (χ2n) is 5.69. The van der Waals surface area contributed by atoms with Crippen molar-refractivity contribution in [2.45, 2.75) is 20.8 Å². The molecule has 0 unspecified atom stereocenters. The quantitative estimate of drug-likeness (QED) is 0.879. The van der Waals surface area contributed by atoms with E-state index in [4.69, 9.17) is 4.98 Å². The van der Waals surface area contributed by atoms with Crippen molar-refractivity contribution in [3.63, 3.8) is 0 Å². The lowest BCUT2D eigenvalue weighted by molar-refractivity contribution is 0.312. The molecule has 1 aromatic rings. The minimum atomic E-state index is 0.889. The number of rotatable bonds is 2. The van der Waals surface area contributed by atoms with Crippen molar-refractivity contribution in [1.82, 2.24) is 20.2 Å². The maximum absolute atomic E-state index is 4.80. The van der Waals surface area contributed by atoms with E-state index in [-0.39, 0.29) is 0 Å². The molecule has 0 saturated carbocycles. The normalized spacial score (nSPS) is 19.6. The Morgan fingerprint density at radius 2 is 1.55 bits per heavy atom. The summed E-state index contributed by atoms with van der Waals surface area (Å²) in [4.78, 5) is 16.4. The van der Waals surface area contributed by atoms with Crippen LogP contribution in [-0.2, 0) is 0 Å². The van der Waals surface area contributed by atoms with Gasteiger partial charge in [0.25, 0.3) is 0 Å². The lowest BCUT2D eigenvalue weighted by Gasteiger charge is -2.34. The highest BCUT2D eigenvalue weighted by molar-refractivity contribution is 5.46. The van der Waals surface area contributed by atoms with Crippen molar-refractivity contribution in [2.24, 2.45) is 0 Å². The van der Waals surface area contributed by atoms with E-state index in [0.717, 1.165) is 69.8 Å². The lowest BCUT2D eigenvalue weighted by atomic mass is 10.3. The number of hydrogen-bond donors (Lipinski definition) is 1. The van der Waals surface area contributed by atoms with Crippen LogP contribution >= 0.6 is 0 Å². The molecule has 0 atom stereocenters. The molecule has 0 spiro atoms. The summed E-state index contributed by atoms with van der Waals surface area (Å²) in [5.41, 5.74) is 1.06. The smallest absolute Gasteiger partial charge is 0.227 e. The number of likely N-dealkylation sites (N-methyl/N-ethyl adjacent to an activating group) is 1. The van der Waals surface area contributed by atoms with Gasteiger partial charge in [-0.2, -0.15) is 4.98 Å². The van der Waals surface area contributed by atoms with Crippen LogP contribution in [0.15, 0.2) is 6.07 Å². The van der Waals surface area contributed by atoms with Crippen LogP contribution in [0.1, 0.15) is 19.5 Å². The summed E-state index contributed by atoms with van der Waals surface area (Å²) >= 11 is 0. The maximum atomic E-state index is 4.80. The van der Waals surface area contributed by atoms with Crippen LogP contribution in [0.5, 0.6) is 0 Å². The Morgan fingerprint density at radius 3 is 2.18 bits per heavy atom. The van der Waals surface area contributed by atoms with Gasteiger partial charge >= 0.3 is 0 Å². The third-order valence-electron chi connectivity index (χ3n) is 4.06. The second kappa shape index (κ2) is 8.29. The van der Waals surface area contributed by atoms with E-state index in [1.165, 1.54) is 0 Å². The summed E-state index contributed by atoms with van der Waals surface area (Å²) in [6.45, 7) is 14.4. The van der Waals surface area contributed by atoms with Gasteiger partial charge in [0.15, 0.2) is 0 Å². The van der Waals surface area contributed by atoms with Crippen LogP contribution in [0, 0.1) is 6.92 Å². The first-order valence-corrected chi connectivity index (χ1v) is 8.47. The number of nitrogens with zero attached hydrogens (tertiary/aromatic N) is 5. The highest BCUT2D eigenvalue weighted by Crippen LogP contribution is 2.19. The predicted octanol–water partition coefficient (Wildman–Crippen LogP) is 0.973. The lowest BCUT2D eigenvalue weighted by Crippen LogP contribution is -2.46. The fourth-order valence-corrected chi connectivity index (χ4v) is 2.74. The molecule has 2 aliphatic heterocycles. The van der Waals surface area contributed by atoms with Crippen LogP contribution in [0.25, 0.3) is 0 Å². The van der Waals surface area contributed by atoms with Gasteiger partial charge in [-0.1, -0.05) is 13.8 Å². The Hall–Kier alpha value is -1.40. The molecule has 2 fully saturated rings. The Labute approximate surface area is 134 Å². The fourth-order valence-electron chi connectivity index (χ4n) is 2.74. The van der Waals surface area contributed by atoms with Crippen LogP contribution in [0.2, 0.25) is 0 Å². The van der Waals surface area contributed by atoms with Crippen LogP contribution < -0.4 is 15.1 Å². The highest BCUT2D eigenvalue weighted by Gasteiger charge is 2.19. The summed E-state index contributed by atoms with van der Waals surface area (Å²) in [6.07, 6.45) is 0. The average Bonchev–Trinajstić information content (AvgIpc) is 2.57. The molecule has 6 nitrogen and oxygen atoms in total. The molecule has 0 aromatic carbocycles.